The van der Waals surface area contributed by atoms with Crippen LogP contribution in [0.5, 0.6) is 5.75 Å². The summed E-state index contributed by atoms with van der Waals surface area (Å²) >= 11 is 13.5. The van der Waals surface area contributed by atoms with Gasteiger partial charge in [0.1, 0.15) is 5.75 Å². The summed E-state index contributed by atoms with van der Waals surface area (Å²) in [4.78, 5) is 5.22. The second kappa shape index (κ2) is 8.99. The third-order valence-corrected chi connectivity index (χ3v) is 4.87. The number of nitrogens with one attached hydrogen (secondary N) is 1. The van der Waals surface area contributed by atoms with Gasteiger partial charge < -0.3 is 9.83 Å². The van der Waals surface area contributed by atoms with Gasteiger partial charge in [-0.25, -0.2) is 0 Å². The first-order chi connectivity index (χ1) is 11.9. The zero-order chi connectivity index (χ0) is 18.4. The normalized spacial score (nSPS) is 10.8. The van der Waals surface area contributed by atoms with Crippen LogP contribution in [0.15, 0.2) is 59.5 Å². The number of nitrogens with zero attached hydrogens (tertiary/aromatic N) is 1. The van der Waals surface area contributed by atoms with Gasteiger partial charge in [-0.3, -0.25) is 4.99 Å². The molecule has 25 heavy (non-hydrogen) atoms. The second-order valence-corrected chi connectivity index (χ2v) is 6.91. The summed E-state index contributed by atoms with van der Waals surface area (Å²) in [5.74, 6) is 0.171. The minimum Gasteiger partial charge on any atom is -0.507 e. The third kappa shape index (κ3) is 5.30. The maximum atomic E-state index is 10.0. The average molecular weight is 393 g/mol. The van der Waals surface area contributed by atoms with Gasteiger partial charge in [-0.1, -0.05) is 55.4 Å². The number of halogens is 2. The smallest absolute Gasteiger partial charge is 0.124 e. The van der Waals surface area contributed by atoms with Gasteiger partial charge in [-0.15, -0.1) is 0 Å². The van der Waals surface area contributed by atoms with E-state index in [-0.39, 0.29) is 5.75 Å². The molecule has 3 nitrogen and oxygen atoms in total. The maximum Gasteiger partial charge on any atom is 0.124 e. The molecule has 0 amide bonds. The molecule has 0 unspecified atom stereocenters. The van der Waals surface area contributed by atoms with Crippen molar-refractivity contribution >= 4 is 52.7 Å². The van der Waals surface area contributed by atoms with Crippen LogP contribution in [0.3, 0.4) is 0 Å². The standard InChI is InChI=1S/C19H18Cl2N2OS/c1-4-12(3)25-23-18-10-16(21)15(20)9-17(18)22-11-14-8-13(5-2)6-7-19(14)24/h4,6-11,23-24H,1,3,5H2,2H3. The van der Waals surface area contributed by atoms with Crippen molar-refractivity contribution in [1.82, 2.24) is 0 Å². The number of aromatic hydroxyl groups is 1. The predicted octanol–water partition coefficient (Wildman–Crippen LogP) is 6.77. The van der Waals surface area contributed by atoms with E-state index in [1.54, 1.807) is 30.5 Å². The molecule has 2 N–H and O–H groups in total. The van der Waals surface area contributed by atoms with Crippen molar-refractivity contribution in [3.63, 3.8) is 0 Å². The first-order valence-corrected chi connectivity index (χ1v) is 9.11. The van der Waals surface area contributed by atoms with E-state index in [2.05, 4.69) is 29.8 Å². The molecule has 0 spiro atoms. The van der Waals surface area contributed by atoms with E-state index in [1.165, 1.54) is 11.9 Å². The number of benzene rings is 2. The Hall–Kier alpha value is -1.88. The van der Waals surface area contributed by atoms with Crippen molar-refractivity contribution in [2.45, 2.75) is 13.3 Å². The number of phenolic OH excluding ortho intramolecular Hbond substituents is 1. The van der Waals surface area contributed by atoms with E-state index in [0.29, 0.717) is 27.0 Å². The molecule has 2 aromatic rings. The van der Waals surface area contributed by atoms with E-state index in [4.69, 9.17) is 23.2 Å². The Labute approximate surface area is 162 Å². The van der Waals surface area contributed by atoms with Crippen molar-refractivity contribution in [2.24, 2.45) is 4.99 Å². The van der Waals surface area contributed by atoms with Gasteiger partial charge in [0, 0.05) is 16.7 Å². The molecule has 0 aliphatic heterocycles. The second-order valence-electron chi connectivity index (χ2n) is 5.16. The van der Waals surface area contributed by atoms with Crippen LogP contribution < -0.4 is 4.72 Å². The summed E-state index contributed by atoms with van der Waals surface area (Å²) in [7, 11) is 0. The first kappa shape index (κ1) is 19.4. The van der Waals surface area contributed by atoms with Gasteiger partial charge in [0.25, 0.3) is 0 Å². The largest absolute Gasteiger partial charge is 0.507 e. The van der Waals surface area contributed by atoms with Crippen LogP contribution in [0.2, 0.25) is 10.0 Å². The lowest BCUT2D eigenvalue weighted by molar-refractivity contribution is 0.474. The van der Waals surface area contributed by atoms with Crippen molar-refractivity contribution in [3.8, 4) is 5.75 Å². The SMILES string of the molecule is C=CC(=C)SNc1cc(Cl)c(Cl)cc1N=Cc1cc(CC)ccc1O. The maximum absolute atomic E-state index is 10.0. The molecule has 6 heteroatoms. The lowest BCUT2D eigenvalue weighted by atomic mass is 10.1. The number of allylic oxidation sites excluding steroid dienone is 1. The fourth-order valence-corrected chi connectivity index (χ4v) is 2.76. The number of hydrogen-bond acceptors (Lipinski definition) is 4. The molecular formula is C19H18Cl2N2OS. The van der Waals surface area contributed by atoms with Crippen molar-refractivity contribution in [3.05, 3.63) is 75.6 Å². The molecule has 0 bridgehead atoms. The third-order valence-electron chi connectivity index (χ3n) is 3.40. The van der Waals surface area contributed by atoms with Gasteiger partial charge in [0.2, 0.25) is 0 Å². The number of phenols is 1. The number of anilines is 1. The summed E-state index contributed by atoms with van der Waals surface area (Å²) in [6.45, 7) is 9.55. The topological polar surface area (TPSA) is 44.6 Å². The summed E-state index contributed by atoms with van der Waals surface area (Å²) in [6.07, 6.45) is 4.12. The Morgan fingerprint density at radius 3 is 2.68 bits per heavy atom. The summed E-state index contributed by atoms with van der Waals surface area (Å²) in [5.41, 5.74) is 3.04. The zero-order valence-electron chi connectivity index (χ0n) is 13.7. The van der Waals surface area contributed by atoms with Gasteiger partial charge in [0.05, 0.1) is 21.4 Å². The Kier molecular flexibility index (Phi) is 7.00. The molecule has 0 radical (unpaired) electrons. The van der Waals surface area contributed by atoms with E-state index < -0.39 is 0 Å². The molecule has 0 aliphatic rings. The van der Waals surface area contributed by atoms with Crippen molar-refractivity contribution in [2.75, 3.05) is 4.72 Å². The molecule has 130 valence electrons. The predicted molar refractivity (Wildman–Crippen MR) is 112 cm³/mol. The van der Waals surface area contributed by atoms with Crippen LogP contribution in [-0.4, -0.2) is 11.3 Å². The number of rotatable bonds is 7. The Balaban J connectivity index is 2.35. The molecule has 0 heterocycles. The highest BCUT2D eigenvalue weighted by atomic mass is 35.5. The van der Waals surface area contributed by atoms with E-state index in [1.807, 2.05) is 12.1 Å². The molecule has 0 aliphatic carbocycles. The Bertz CT molecular complexity index is 834. The van der Waals surface area contributed by atoms with E-state index >= 15 is 0 Å². The lowest BCUT2D eigenvalue weighted by Crippen LogP contribution is -1.90. The zero-order valence-corrected chi connectivity index (χ0v) is 16.0. The molecule has 0 atom stereocenters. The molecule has 0 aromatic heterocycles. The number of hydrogen-bond donors (Lipinski definition) is 2. The molecule has 2 rings (SSSR count). The van der Waals surface area contributed by atoms with Crippen LogP contribution in [0.4, 0.5) is 11.4 Å². The minimum atomic E-state index is 0.171. The highest BCUT2D eigenvalue weighted by Gasteiger charge is 2.08. The average Bonchev–Trinajstić information content (AvgIpc) is 2.61. The Morgan fingerprint density at radius 2 is 2.00 bits per heavy atom. The molecule has 2 aromatic carbocycles. The van der Waals surface area contributed by atoms with Gasteiger partial charge >= 0.3 is 0 Å². The number of aliphatic imine (C=N–C) groups is 1. The van der Waals surface area contributed by atoms with Crippen LogP contribution in [0.25, 0.3) is 0 Å². The molecule has 0 fully saturated rings. The van der Waals surface area contributed by atoms with Crippen LogP contribution in [-0.2, 0) is 6.42 Å². The highest BCUT2D eigenvalue weighted by molar-refractivity contribution is 8.04. The summed E-state index contributed by atoms with van der Waals surface area (Å²) in [6, 6.07) is 8.81. The minimum absolute atomic E-state index is 0.171. The van der Waals surface area contributed by atoms with Crippen LogP contribution in [0, 0.1) is 0 Å². The summed E-state index contributed by atoms with van der Waals surface area (Å²) < 4.78 is 3.13. The molecule has 0 saturated heterocycles. The van der Waals surface area contributed by atoms with Crippen molar-refractivity contribution in [1.29, 1.82) is 0 Å². The fourth-order valence-electron chi connectivity index (χ4n) is 1.95. The monoisotopic (exact) mass is 392 g/mol. The lowest BCUT2D eigenvalue weighted by Gasteiger charge is -2.10. The summed E-state index contributed by atoms with van der Waals surface area (Å²) in [5, 5.41) is 10.8. The fraction of sp³-hybridized carbons (Fsp3) is 0.105. The van der Waals surface area contributed by atoms with Crippen LogP contribution in [0.1, 0.15) is 18.1 Å². The Morgan fingerprint density at radius 1 is 1.28 bits per heavy atom. The molecular weight excluding hydrogens is 375 g/mol. The number of aryl methyl sites for hydroxylation is 1. The van der Waals surface area contributed by atoms with Crippen LogP contribution >= 0.6 is 35.1 Å². The molecule has 0 saturated carbocycles. The van der Waals surface area contributed by atoms with Gasteiger partial charge in [-0.2, -0.15) is 0 Å². The quantitative estimate of drug-likeness (QED) is 0.310. The van der Waals surface area contributed by atoms with Crippen molar-refractivity contribution < 1.29 is 5.11 Å². The van der Waals surface area contributed by atoms with Gasteiger partial charge in [-0.05, 0) is 48.2 Å². The van der Waals surface area contributed by atoms with E-state index in [0.717, 1.165) is 16.9 Å². The highest BCUT2D eigenvalue weighted by Crippen LogP contribution is 2.36. The van der Waals surface area contributed by atoms with Gasteiger partial charge in [0.15, 0.2) is 0 Å². The first-order valence-electron chi connectivity index (χ1n) is 7.53. The van der Waals surface area contributed by atoms with E-state index in [9.17, 15) is 5.11 Å².